The Labute approximate surface area is 79.0 Å². The van der Waals surface area contributed by atoms with Gasteiger partial charge >= 0.3 is 0 Å². The van der Waals surface area contributed by atoms with Gasteiger partial charge in [-0.05, 0) is 28.8 Å². The van der Waals surface area contributed by atoms with E-state index in [-0.39, 0.29) is 0 Å². The Morgan fingerprint density at radius 3 is 2.73 bits per heavy atom. The molecule has 1 aliphatic rings. The zero-order valence-electron chi connectivity index (χ0n) is 6.43. The van der Waals surface area contributed by atoms with Crippen molar-refractivity contribution in [1.82, 2.24) is 4.98 Å². The Kier molecular flexibility index (Phi) is 1.80. The molecule has 60 valence electrons. The molecule has 0 radical (unpaired) electrons. The smallest absolute Gasteiger partial charge is 0.159 e. The first-order valence-electron chi connectivity index (χ1n) is 3.82. The third-order valence-corrected chi connectivity index (χ3v) is 4.31. The number of hydrogen-bond acceptors (Lipinski definition) is 2. The summed E-state index contributed by atoms with van der Waals surface area (Å²) in [6.45, 7) is 2.33. The fourth-order valence-corrected chi connectivity index (χ4v) is 2.95. The lowest BCUT2D eigenvalue weighted by Crippen LogP contribution is -2.29. The van der Waals surface area contributed by atoms with Crippen LogP contribution in [0.25, 0.3) is 0 Å². The molecule has 1 aromatic heterocycles. The fourth-order valence-electron chi connectivity index (χ4n) is 1.49. The van der Waals surface area contributed by atoms with Crippen LogP contribution in [0, 0.1) is 0 Å². The van der Waals surface area contributed by atoms with Gasteiger partial charge in [-0.1, -0.05) is 13.3 Å². The first-order valence-corrected chi connectivity index (χ1v) is 5.43. The van der Waals surface area contributed by atoms with Crippen LogP contribution in [-0.4, -0.2) is 4.98 Å². The van der Waals surface area contributed by atoms with Crippen LogP contribution < -0.4 is 0 Å². The molecule has 1 nitrogen and oxygen atoms in total. The molecule has 0 saturated heterocycles. The Morgan fingerprint density at radius 2 is 2.36 bits per heavy atom. The van der Waals surface area contributed by atoms with Gasteiger partial charge in [0.2, 0.25) is 0 Å². The number of hydrogen-bond donors (Lipinski definition) is 0. The molecular formula is C8H10BrNS. The van der Waals surface area contributed by atoms with Crippen molar-refractivity contribution in [3.63, 3.8) is 0 Å². The summed E-state index contributed by atoms with van der Waals surface area (Å²) in [5.41, 5.74) is 0.462. The van der Waals surface area contributed by atoms with Gasteiger partial charge in [0.15, 0.2) is 3.92 Å². The van der Waals surface area contributed by atoms with Crippen molar-refractivity contribution < 1.29 is 0 Å². The van der Waals surface area contributed by atoms with Gasteiger partial charge in [0.25, 0.3) is 0 Å². The molecule has 0 atom stereocenters. The first-order chi connectivity index (χ1) is 5.21. The van der Waals surface area contributed by atoms with Crippen LogP contribution in [0.5, 0.6) is 0 Å². The van der Waals surface area contributed by atoms with E-state index in [0.29, 0.717) is 5.41 Å². The van der Waals surface area contributed by atoms with Gasteiger partial charge in [0, 0.05) is 16.5 Å². The molecule has 0 N–H and O–H groups in total. The standard InChI is InChI=1S/C8H10BrNS/c1-8(3-2-4-8)6-5-10-7(9)11-6/h5H,2-4H2,1H3. The normalized spacial score (nSPS) is 21.3. The highest BCUT2D eigenvalue weighted by Crippen LogP contribution is 2.45. The van der Waals surface area contributed by atoms with Crippen LogP contribution in [-0.2, 0) is 5.41 Å². The predicted molar refractivity (Wildman–Crippen MR) is 51.0 cm³/mol. The zero-order chi connectivity index (χ0) is 7.90. The summed E-state index contributed by atoms with van der Waals surface area (Å²) in [5.74, 6) is 0. The number of nitrogens with zero attached hydrogens (tertiary/aromatic N) is 1. The molecule has 1 saturated carbocycles. The molecule has 0 bridgehead atoms. The number of thiazole rings is 1. The van der Waals surface area contributed by atoms with Crippen LogP contribution in [0.15, 0.2) is 10.1 Å². The van der Waals surface area contributed by atoms with Gasteiger partial charge in [0.05, 0.1) is 0 Å². The van der Waals surface area contributed by atoms with Crippen molar-refractivity contribution in [2.24, 2.45) is 0 Å². The van der Waals surface area contributed by atoms with Crippen LogP contribution in [0.4, 0.5) is 0 Å². The molecule has 1 aliphatic carbocycles. The lowest BCUT2D eigenvalue weighted by atomic mass is 9.70. The summed E-state index contributed by atoms with van der Waals surface area (Å²) in [5, 5.41) is 0. The van der Waals surface area contributed by atoms with Gasteiger partial charge in [-0.2, -0.15) is 0 Å². The molecule has 0 aliphatic heterocycles. The number of halogens is 1. The van der Waals surface area contributed by atoms with Crippen molar-refractivity contribution >= 4 is 27.3 Å². The molecule has 2 rings (SSSR count). The van der Waals surface area contributed by atoms with E-state index in [1.807, 2.05) is 6.20 Å². The molecule has 0 spiro atoms. The minimum Gasteiger partial charge on any atom is -0.237 e. The second-order valence-corrected chi connectivity index (χ2v) is 5.70. The molecule has 1 fully saturated rings. The molecule has 0 aromatic carbocycles. The Hall–Kier alpha value is 0.110. The van der Waals surface area contributed by atoms with Gasteiger partial charge in [-0.15, -0.1) is 11.3 Å². The maximum absolute atomic E-state index is 4.20. The van der Waals surface area contributed by atoms with Crippen LogP contribution in [0.1, 0.15) is 31.1 Å². The molecule has 0 amide bonds. The summed E-state index contributed by atoms with van der Waals surface area (Å²) < 4.78 is 1.01. The maximum atomic E-state index is 4.20. The minimum atomic E-state index is 0.462. The highest BCUT2D eigenvalue weighted by atomic mass is 79.9. The van der Waals surface area contributed by atoms with E-state index in [0.717, 1.165) is 3.92 Å². The van der Waals surface area contributed by atoms with E-state index in [2.05, 4.69) is 27.8 Å². The summed E-state index contributed by atoms with van der Waals surface area (Å²) >= 11 is 5.16. The molecule has 1 aromatic rings. The zero-order valence-corrected chi connectivity index (χ0v) is 8.83. The Balaban J connectivity index is 2.28. The summed E-state index contributed by atoms with van der Waals surface area (Å²) in [7, 11) is 0. The predicted octanol–water partition coefficient (Wildman–Crippen LogP) is 3.35. The van der Waals surface area contributed by atoms with E-state index in [1.165, 1.54) is 24.1 Å². The molecule has 0 unspecified atom stereocenters. The monoisotopic (exact) mass is 231 g/mol. The van der Waals surface area contributed by atoms with E-state index >= 15 is 0 Å². The first kappa shape index (κ1) is 7.74. The van der Waals surface area contributed by atoms with Crippen LogP contribution in [0.3, 0.4) is 0 Å². The molecular weight excluding hydrogens is 222 g/mol. The van der Waals surface area contributed by atoms with E-state index in [4.69, 9.17) is 0 Å². The maximum Gasteiger partial charge on any atom is 0.159 e. The summed E-state index contributed by atoms with van der Waals surface area (Å²) in [4.78, 5) is 5.64. The van der Waals surface area contributed by atoms with E-state index in [1.54, 1.807) is 11.3 Å². The summed E-state index contributed by atoms with van der Waals surface area (Å²) in [6, 6.07) is 0. The average molecular weight is 232 g/mol. The van der Waals surface area contributed by atoms with E-state index in [9.17, 15) is 0 Å². The molecule has 11 heavy (non-hydrogen) atoms. The van der Waals surface area contributed by atoms with Gasteiger partial charge in [-0.25, -0.2) is 4.98 Å². The van der Waals surface area contributed by atoms with Gasteiger partial charge in [-0.3, -0.25) is 0 Å². The number of rotatable bonds is 1. The lowest BCUT2D eigenvalue weighted by molar-refractivity contribution is 0.277. The Morgan fingerprint density at radius 1 is 1.64 bits per heavy atom. The van der Waals surface area contributed by atoms with Crippen molar-refractivity contribution in [2.45, 2.75) is 31.6 Å². The van der Waals surface area contributed by atoms with Crippen molar-refractivity contribution in [1.29, 1.82) is 0 Å². The largest absolute Gasteiger partial charge is 0.237 e. The average Bonchev–Trinajstić information content (AvgIpc) is 2.31. The van der Waals surface area contributed by atoms with Crippen molar-refractivity contribution in [3.05, 3.63) is 15.0 Å². The van der Waals surface area contributed by atoms with Crippen molar-refractivity contribution in [2.75, 3.05) is 0 Å². The lowest BCUT2D eigenvalue weighted by Gasteiger charge is -2.37. The fraction of sp³-hybridized carbons (Fsp3) is 0.625. The third kappa shape index (κ3) is 1.25. The van der Waals surface area contributed by atoms with Crippen molar-refractivity contribution in [3.8, 4) is 0 Å². The number of aromatic nitrogens is 1. The Bertz CT molecular complexity index is 265. The molecule has 3 heteroatoms. The second kappa shape index (κ2) is 2.56. The van der Waals surface area contributed by atoms with Crippen LogP contribution >= 0.6 is 27.3 Å². The highest BCUT2D eigenvalue weighted by Gasteiger charge is 2.35. The van der Waals surface area contributed by atoms with Gasteiger partial charge in [0.1, 0.15) is 0 Å². The molecule has 1 heterocycles. The topological polar surface area (TPSA) is 12.9 Å². The van der Waals surface area contributed by atoms with Gasteiger partial charge < -0.3 is 0 Å². The summed E-state index contributed by atoms with van der Waals surface area (Å²) in [6.07, 6.45) is 6.06. The second-order valence-electron chi connectivity index (χ2n) is 3.39. The third-order valence-electron chi connectivity index (χ3n) is 2.53. The van der Waals surface area contributed by atoms with E-state index < -0.39 is 0 Å². The SMILES string of the molecule is CC1(c2cnc(Br)s2)CCC1. The highest BCUT2D eigenvalue weighted by molar-refractivity contribution is 9.11. The van der Waals surface area contributed by atoms with Crippen LogP contribution in [0.2, 0.25) is 0 Å². The minimum absolute atomic E-state index is 0.462. The quantitative estimate of drug-likeness (QED) is 0.723.